The van der Waals surface area contributed by atoms with E-state index < -0.39 is 0 Å². The van der Waals surface area contributed by atoms with E-state index in [1.165, 1.54) is 51.7 Å². The standard InChI is InChI=1S/C16H32N2O/c1-4-15-12-18(11-14-7-9-19-10-8-14)16(5-2,6-3)13-17-15/h14-15,17H,4-13H2,1-3H3. The van der Waals surface area contributed by atoms with Crippen LogP contribution in [0.2, 0.25) is 0 Å². The molecular formula is C16H32N2O. The van der Waals surface area contributed by atoms with E-state index in [0.29, 0.717) is 11.6 Å². The minimum atomic E-state index is 0.393. The first-order valence-corrected chi connectivity index (χ1v) is 8.30. The van der Waals surface area contributed by atoms with E-state index >= 15 is 0 Å². The zero-order chi connectivity index (χ0) is 13.7. The molecule has 0 aromatic rings. The number of hydrogen-bond donors (Lipinski definition) is 1. The van der Waals surface area contributed by atoms with Gasteiger partial charge in [-0.05, 0) is 38.0 Å². The lowest BCUT2D eigenvalue weighted by Crippen LogP contribution is -2.65. The summed E-state index contributed by atoms with van der Waals surface area (Å²) in [6, 6.07) is 0.686. The fourth-order valence-electron chi connectivity index (χ4n) is 3.70. The average Bonchev–Trinajstić information content (AvgIpc) is 2.48. The van der Waals surface area contributed by atoms with Crippen molar-refractivity contribution in [1.82, 2.24) is 10.2 Å². The van der Waals surface area contributed by atoms with Gasteiger partial charge in [0.15, 0.2) is 0 Å². The molecule has 112 valence electrons. The van der Waals surface area contributed by atoms with Gasteiger partial charge in [0.2, 0.25) is 0 Å². The number of nitrogens with zero attached hydrogens (tertiary/aromatic N) is 1. The Hall–Kier alpha value is -0.120. The highest BCUT2D eigenvalue weighted by Crippen LogP contribution is 2.30. The molecule has 3 heteroatoms. The van der Waals surface area contributed by atoms with Crippen molar-refractivity contribution in [3.05, 3.63) is 0 Å². The maximum Gasteiger partial charge on any atom is 0.0469 e. The summed E-state index contributed by atoms with van der Waals surface area (Å²) < 4.78 is 5.50. The van der Waals surface area contributed by atoms with E-state index in [2.05, 4.69) is 31.0 Å². The van der Waals surface area contributed by atoms with Crippen LogP contribution in [0.25, 0.3) is 0 Å². The van der Waals surface area contributed by atoms with Crippen LogP contribution in [-0.4, -0.2) is 49.3 Å². The number of nitrogens with one attached hydrogen (secondary N) is 1. The van der Waals surface area contributed by atoms with Gasteiger partial charge in [-0.25, -0.2) is 0 Å². The smallest absolute Gasteiger partial charge is 0.0469 e. The molecule has 0 radical (unpaired) electrons. The SMILES string of the molecule is CCC1CN(CC2CCOCC2)C(CC)(CC)CN1. The third kappa shape index (κ3) is 3.50. The van der Waals surface area contributed by atoms with E-state index in [4.69, 9.17) is 4.74 Å². The van der Waals surface area contributed by atoms with Gasteiger partial charge in [0.05, 0.1) is 0 Å². The van der Waals surface area contributed by atoms with Crippen LogP contribution >= 0.6 is 0 Å². The van der Waals surface area contributed by atoms with Crippen LogP contribution in [0.5, 0.6) is 0 Å². The molecule has 2 saturated heterocycles. The third-order valence-corrected chi connectivity index (χ3v) is 5.46. The maximum absolute atomic E-state index is 5.50. The summed E-state index contributed by atoms with van der Waals surface area (Å²) in [6.45, 7) is 12.6. The van der Waals surface area contributed by atoms with Gasteiger partial charge in [-0.2, -0.15) is 0 Å². The van der Waals surface area contributed by atoms with Crippen molar-refractivity contribution in [3.63, 3.8) is 0 Å². The molecular weight excluding hydrogens is 236 g/mol. The number of hydrogen-bond acceptors (Lipinski definition) is 3. The van der Waals surface area contributed by atoms with Crippen LogP contribution in [0.15, 0.2) is 0 Å². The van der Waals surface area contributed by atoms with Crippen molar-refractivity contribution in [2.45, 2.75) is 64.5 Å². The van der Waals surface area contributed by atoms with Crippen LogP contribution in [0.1, 0.15) is 52.9 Å². The first kappa shape index (κ1) is 15.3. The minimum Gasteiger partial charge on any atom is -0.381 e. The lowest BCUT2D eigenvalue weighted by molar-refractivity contribution is -0.00674. The highest BCUT2D eigenvalue weighted by Gasteiger charge is 2.39. The molecule has 1 N–H and O–H groups in total. The van der Waals surface area contributed by atoms with Crippen molar-refractivity contribution in [3.8, 4) is 0 Å². The van der Waals surface area contributed by atoms with Crippen molar-refractivity contribution in [2.24, 2.45) is 5.92 Å². The highest BCUT2D eigenvalue weighted by molar-refractivity contribution is 4.97. The number of piperazine rings is 1. The summed E-state index contributed by atoms with van der Waals surface area (Å²) in [6.07, 6.45) is 6.27. The van der Waals surface area contributed by atoms with Gasteiger partial charge in [-0.15, -0.1) is 0 Å². The molecule has 0 aromatic carbocycles. The summed E-state index contributed by atoms with van der Waals surface area (Å²) in [4.78, 5) is 2.81. The van der Waals surface area contributed by atoms with Gasteiger partial charge in [-0.3, -0.25) is 4.90 Å². The zero-order valence-electron chi connectivity index (χ0n) is 13.1. The van der Waals surface area contributed by atoms with Gasteiger partial charge in [0, 0.05) is 44.4 Å². The Balaban J connectivity index is 2.01. The molecule has 0 spiro atoms. The molecule has 0 saturated carbocycles. The highest BCUT2D eigenvalue weighted by atomic mass is 16.5. The van der Waals surface area contributed by atoms with E-state index in [1.54, 1.807) is 0 Å². The third-order valence-electron chi connectivity index (χ3n) is 5.46. The van der Waals surface area contributed by atoms with Crippen LogP contribution in [0, 0.1) is 5.92 Å². The lowest BCUT2D eigenvalue weighted by atomic mass is 9.85. The summed E-state index contributed by atoms with van der Waals surface area (Å²) >= 11 is 0. The van der Waals surface area contributed by atoms with Crippen molar-refractivity contribution >= 4 is 0 Å². The predicted molar refractivity (Wildman–Crippen MR) is 80.5 cm³/mol. The first-order valence-electron chi connectivity index (χ1n) is 8.30. The largest absolute Gasteiger partial charge is 0.381 e. The maximum atomic E-state index is 5.50. The fourth-order valence-corrected chi connectivity index (χ4v) is 3.70. The molecule has 3 nitrogen and oxygen atoms in total. The second kappa shape index (κ2) is 7.05. The number of rotatable bonds is 5. The quantitative estimate of drug-likeness (QED) is 0.829. The van der Waals surface area contributed by atoms with Gasteiger partial charge < -0.3 is 10.1 Å². The molecule has 2 aliphatic heterocycles. The summed E-state index contributed by atoms with van der Waals surface area (Å²) in [5.41, 5.74) is 0.393. The Kier molecular flexibility index (Phi) is 5.67. The summed E-state index contributed by atoms with van der Waals surface area (Å²) in [5, 5.41) is 3.76. The summed E-state index contributed by atoms with van der Waals surface area (Å²) in [7, 11) is 0. The summed E-state index contributed by atoms with van der Waals surface area (Å²) in [5.74, 6) is 0.849. The van der Waals surface area contributed by atoms with Crippen molar-refractivity contribution in [2.75, 3.05) is 32.8 Å². The topological polar surface area (TPSA) is 24.5 Å². The monoisotopic (exact) mass is 268 g/mol. The lowest BCUT2D eigenvalue weighted by Gasteiger charge is -2.51. The van der Waals surface area contributed by atoms with Gasteiger partial charge in [0.1, 0.15) is 0 Å². The second-order valence-corrected chi connectivity index (χ2v) is 6.38. The predicted octanol–water partition coefficient (Wildman–Crippen LogP) is 2.66. The van der Waals surface area contributed by atoms with E-state index in [1.807, 2.05) is 0 Å². The van der Waals surface area contributed by atoms with Crippen LogP contribution < -0.4 is 5.32 Å². The number of ether oxygens (including phenoxy) is 1. The van der Waals surface area contributed by atoms with E-state index in [9.17, 15) is 0 Å². The van der Waals surface area contributed by atoms with Crippen molar-refractivity contribution < 1.29 is 4.74 Å². The molecule has 2 rings (SSSR count). The van der Waals surface area contributed by atoms with Gasteiger partial charge in [-0.1, -0.05) is 20.8 Å². The molecule has 1 atom stereocenters. The van der Waals surface area contributed by atoms with Crippen LogP contribution in [0.3, 0.4) is 0 Å². The minimum absolute atomic E-state index is 0.393. The molecule has 19 heavy (non-hydrogen) atoms. The van der Waals surface area contributed by atoms with Crippen molar-refractivity contribution in [1.29, 1.82) is 0 Å². The molecule has 0 aliphatic carbocycles. The molecule has 2 fully saturated rings. The second-order valence-electron chi connectivity index (χ2n) is 6.38. The van der Waals surface area contributed by atoms with Crippen LogP contribution in [-0.2, 0) is 4.74 Å². The normalized spacial score (nSPS) is 29.5. The first-order chi connectivity index (χ1) is 9.24. The molecule has 0 bridgehead atoms. The molecule has 0 amide bonds. The molecule has 2 heterocycles. The van der Waals surface area contributed by atoms with Gasteiger partial charge >= 0.3 is 0 Å². The van der Waals surface area contributed by atoms with E-state index in [-0.39, 0.29) is 0 Å². The zero-order valence-corrected chi connectivity index (χ0v) is 13.1. The Morgan fingerprint density at radius 3 is 2.42 bits per heavy atom. The molecule has 2 aliphatic rings. The average molecular weight is 268 g/mol. The molecule has 0 aromatic heterocycles. The fraction of sp³-hybridized carbons (Fsp3) is 1.00. The Bertz CT molecular complexity index is 259. The Morgan fingerprint density at radius 2 is 1.84 bits per heavy atom. The van der Waals surface area contributed by atoms with Crippen LogP contribution in [0.4, 0.5) is 0 Å². The Morgan fingerprint density at radius 1 is 1.16 bits per heavy atom. The molecule has 1 unspecified atom stereocenters. The van der Waals surface area contributed by atoms with E-state index in [0.717, 1.165) is 19.1 Å². The Labute approximate surface area is 119 Å². The van der Waals surface area contributed by atoms with Gasteiger partial charge in [0.25, 0.3) is 0 Å².